The molecule has 0 saturated heterocycles. The molecule has 0 saturated carbocycles. The molecule has 1 rings (SSSR count). The predicted octanol–water partition coefficient (Wildman–Crippen LogP) is 0.977. The number of nitrogens with zero attached hydrogens (tertiary/aromatic N) is 1. The quantitative estimate of drug-likeness (QED) is 0.510. The van der Waals surface area contributed by atoms with E-state index in [1.165, 1.54) is 24.3 Å². The van der Waals surface area contributed by atoms with Crippen LogP contribution in [-0.2, 0) is 0 Å². The maximum Gasteiger partial charge on any atom is 0.115 e. The fourth-order valence-electron chi connectivity index (χ4n) is 0.586. The van der Waals surface area contributed by atoms with Gasteiger partial charge in [0.2, 0.25) is 0 Å². The maximum absolute atomic E-state index is 8.76. The summed E-state index contributed by atoms with van der Waals surface area (Å²) in [6.07, 6.45) is 0. The van der Waals surface area contributed by atoms with Gasteiger partial charge < -0.3 is 5.11 Å². The van der Waals surface area contributed by atoms with Gasteiger partial charge in [0.15, 0.2) is 0 Å². The van der Waals surface area contributed by atoms with Gasteiger partial charge in [-0.25, -0.2) is 0 Å². The minimum atomic E-state index is -0.0144. The van der Waals surface area contributed by atoms with Gasteiger partial charge in [0, 0.05) is 0 Å². The smallest absolute Gasteiger partial charge is 0.115 e. The zero-order valence-corrected chi connectivity index (χ0v) is 5.10. The van der Waals surface area contributed by atoms with E-state index in [-0.39, 0.29) is 16.7 Å². The highest BCUT2D eigenvalue weighted by Crippen LogP contribution is 2.14. The summed E-state index contributed by atoms with van der Waals surface area (Å²) >= 11 is 0. The molecule has 0 heterocycles. The lowest BCUT2D eigenvalue weighted by Crippen LogP contribution is -2.10. The summed E-state index contributed by atoms with van der Waals surface area (Å²) in [5.74, 6) is 0.0885. The Morgan fingerprint density at radius 1 is 1.00 bits per heavy atom. The number of hydrogen-bond acceptors (Lipinski definition) is 4. The van der Waals surface area contributed by atoms with Gasteiger partial charge >= 0.3 is 0 Å². The molecular weight excluding hydrogens is 134 g/mol. The Morgan fingerprint density at radius 3 is 1.90 bits per heavy atom. The Bertz CT molecular complexity index is 207. The number of phenols is 1. The van der Waals surface area contributed by atoms with Gasteiger partial charge in [-0.05, 0) is 24.3 Å². The zero-order chi connectivity index (χ0) is 7.56. The molecular formula is C6H7NO3. The van der Waals surface area contributed by atoms with Crippen molar-refractivity contribution in [2.24, 2.45) is 0 Å². The maximum atomic E-state index is 8.76. The van der Waals surface area contributed by atoms with Crippen LogP contribution in [0.4, 0.5) is 5.69 Å². The lowest BCUT2D eigenvalue weighted by atomic mass is 10.3. The molecule has 54 valence electrons. The van der Waals surface area contributed by atoms with Crippen LogP contribution in [0.2, 0.25) is 0 Å². The van der Waals surface area contributed by atoms with E-state index in [2.05, 4.69) is 0 Å². The van der Waals surface area contributed by atoms with Crippen LogP contribution < -0.4 is 5.23 Å². The summed E-state index contributed by atoms with van der Waals surface area (Å²) in [6.45, 7) is 0. The highest BCUT2D eigenvalue weighted by atomic mass is 16.8. The monoisotopic (exact) mass is 141 g/mol. The summed E-state index contributed by atoms with van der Waals surface area (Å²) in [6, 6.07) is 5.45. The van der Waals surface area contributed by atoms with Crippen LogP contribution in [0, 0.1) is 0 Å². The van der Waals surface area contributed by atoms with Crippen molar-refractivity contribution in [1.29, 1.82) is 0 Å². The van der Waals surface area contributed by atoms with Crippen molar-refractivity contribution in [3.8, 4) is 5.75 Å². The Hall–Kier alpha value is -1.26. The second-order valence-corrected chi connectivity index (χ2v) is 1.81. The molecule has 0 unspecified atom stereocenters. The molecule has 0 amide bonds. The van der Waals surface area contributed by atoms with Crippen LogP contribution in [0.3, 0.4) is 0 Å². The normalized spacial score (nSPS) is 9.40. The molecule has 0 atom stereocenters. The van der Waals surface area contributed by atoms with Gasteiger partial charge in [0.1, 0.15) is 5.75 Å². The summed E-state index contributed by atoms with van der Waals surface area (Å²) < 4.78 is 0. The number of benzene rings is 1. The Kier molecular flexibility index (Phi) is 1.75. The minimum absolute atomic E-state index is 0.0144. The molecule has 10 heavy (non-hydrogen) atoms. The molecule has 0 bridgehead atoms. The third kappa shape index (κ3) is 1.37. The van der Waals surface area contributed by atoms with Crippen LogP contribution in [-0.4, -0.2) is 15.5 Å². The van der Waals surface area contributed by atoms with Gasteiger partial charge in [0.05, 0.1) is 5.69 Å². The SMILES string of the molecule is Oc1ccc(N(O)O)cc1. The fourth-order valence-corrected chi connectivity index (χ4v) is 0.586. The zero-order valence-electron chi connectivity index (χ0n) is 5.10. The van der Waals surface area contributed by atoms with Crippen molar-refractivity contribution < 1.29 is 15.5 Å². The first kappa shape index (κ1) is 6.85. The lowest BCUT2D eigenvalue weighted by molar-refractivity contribution is 0.0291. The molecule has 1 aromatic rings. The van der Waals surface area contributed by atoms with Crippen molar-refractivity contribution in [1.82, 2.24) is 0 Å². The van der Waals surface area contributed by atoms with Gasteiger partial charge in [-0.3, -0.25) is 10.4 Å². The number of rotatable bonds is 1. The standard InChI is InChI=1S/C6H7NO3/c8-6-3-1-5(2-4-6)7(9)10/h1-4,8-10H. The summed E-state index contributed by atoms with van der Waals surface area (Å²) in [5, 5.41) is 25.6. The van der Waals surface area contributed by atoms with E-state index in [1.54, 1.807) is 0 Å². The van der Waals surface area contributed by atoms with Crippen LogP contribution in [0.1, 0.15) is 0 Å². The molecule has 0 fully saturated rings. The summed E-state index contributed by atoms with van der Waals surface area (Å²) in [5.41, 5.74) is 0.206. The molecule has 0 spiro atoms. The van der Waals surface area contributed by atoms with E-state index in [0.717, 1.165) is 0 Å². The van der Waals surface area contributed by atoms with E-state index >= 15 is 0 Å². The number of anilines is 1. The number of phenolic OH excluding ortho intramolecular Hbond substituents is 1. The topological polar surface area (TPSA) is 63.9 Å². The minimum Gasteiger partial charge on any atom is -0.508 e. The van der Waals surface area contributed by atoms with Crippen LogP contribution in [0.5, 0.6) is 5.75 Å². The van der Waals surface area contributed by atoms with Crippen molar-refractivity contribution in [3.05, 3.63) is 24.3 Å². The Labute approximate surface area is 57.5 Å². The molecule has 4 heteroatoms. The average Bonchev–Trinajstić information content (AvgIpc) is 1.88. The third-order valence-electron chi connectivity index (χ3n) is 1.08. The molecule has 4 nitrogen and oxygen atoms in total. The molecule has 1 aromatic carbocycles. The first-order valence-corrected chi connectivity index (χ1v) is 2.67. The van der Waals surface area contributed by atoms with Gasteiger partial charge in [-0.2, -0.15) is 0 Å². The summed E-state index contributed by atoms with van der Waals surface area (Å²) in [7, 11) is 0. The van der Waals surface area contributed by atoms with Crippen LogP contribution in [0.15, 0.2) is 24.3 Å². The third-order valence-corrected chi connectivity index (χ3v) is 1.08. The van der Waals surface area contributed by atoms with E-state index < -0.39 is 0 Å². The number of hydrogen-bond donors (Lipinski definition) is 3. The summed E-state index contributed by atoms with van der Waals surface area (Å²) in [4.78, 5) is 0. The van der Waals surface area contributed by atoms with E-state index in [9.17, 15) is 0 Å². The van der Waals surface area contributed by atoms with Crippen LogP contribution in [0.25, 0.3) is 0 Å². The molecule has 0 aliphatic heterocycles. The Morgan fingerprint density at radius 2 is 1.50 bits per heavy atom. The van der Waals surface area contributed by atoms with Crippen molar-refractivity contribution >= 4 is 5.69 Å². The second-order valence-electron chi connectivity index (χ2n) is 1.81. The van der Waals surface area contributed by atoms with Gasteiger partial charge in [0.25, 0.3) is 0 Å². The van der Waals surface area contributed by atoms with Crippen molar-refractivity contribution in [2.45, 2.75) is 0 Å². The largest absolute Gasteiger partial charge is 0.508 e. The van der Waals surface area contributed by atoms with E-state index in [0.29, 0.717) is 0 Å². The van der Waals surface area contributed by atoms with Crippen LogP contribution >= 0.6 is 0 Å². The molecule has 0 radical (unpaired) electrons. The Balaban J connectivity index is 2.89. The van der Waals surface area contributed by atoms with Crippen molar-refractivity contribution in [2.75, 3.05) is 5.23 Å². The highest BCUT2D eigenvalue weighted by Gasteiger charge is 1.95. The molecule has 3 N–H and O–H groups in total. The predicted molar refractivity (Wildman–Crippen MR) is 34.2 cm³/mol. The first-order chi connectivity index (χ1) is 4.70. The highest BCUT2D eigenvalue weighted by molar-refractivity contribution is 5.43. The fraction of sp³-hybridized carbons (Fsp3) is 0. The second kappa shape index (κ2) is 2.55. The van der Waals surface area contributed by atoms with E-state index in [1.807, 2.05) is 0 Å². The first-order valence-electron chi connectivity index (χ1n) is 2.67. The van der Waals surface area contributed by atoms with E-state index in [4.69, 9.17) is 15.5 Å². The van der Waals surface area contributed by atoms with Gasteiger partial charge in [-0.1, -0.05) is 0 Å². The molecule has 0 aliphatic carbocycles. The number of aromatic hydroxyl groups is 1. The van der Waals surface area contributed by atoms with Crippen molar-refractivity contribution in [3.63, 3.8) is 0 Å². The lowest BCUT2D eigenvalue weighted by Gasteiger charge is -2.06. The molecule has 0 aromatic heterocycles. The molecule has 0 aliphatic rings. The average molecular weight is 141 g/mol. The van der Waals surface area contributed by atoms with Gasteiger partial charge in [-0.15, -0.1) is 5.23 Å².